The van der Waals surface area contributed by atoms with Gasteiger partial charge in [0.15, 0.2) is 17.5 Å². The molecule has 0 spiro atoms. The van der Waals surface area contributed by atoms with Gasteiger partial charge in [0.1, 0.15) is 5.52 Å². The Bertz CT molecular complexity index is 714. The van der Waals surface area contributed by atoms with Crippen molar-refractivity contribution >= 4 is 11.0 Å². The van der Waals surface area contributed by atoms with E-state index in [0.29, 0.717) is 5.82 Å². The van der Waals surface area contributed by atoms with Crippen LogP contribution >= 0.6 is 0 Å². The van der Waals surface area contributed by atoms with E-state index in [1.54, 1.807) is 0 Å². The van der Waals surface area contributed by atoms with Gasteiger partial charge >= 0.3 is 0 Å². The molecule has 2 aromatic carbocycles. The van der Waals surface area contributed by atoms with Crippen molar-refractivity contribution in [3.05, 3.63) is 54.1 Å². The highest BCUT2D eigenvalue weighted by molar-refractivity contribution is 5.75. The maximum atomic E-state index is 13.1. The summed E-state index contributed by atoms with van der Waals surface area (Å²) in [6.07, 6.45) is 0. The number of nitrogens with zero attached hydrogens (tertiary/aromatic N) is 3. The van der Waals surface area contributed by atoms with Crippen molar-refractivity contribution < 1.29 is 8.78 Å². The molecule has 1 aromatic heterocycles. The van der Waals surface area contributed by atoms with Crippen LogP contribution in [-0.4, -0.2) is 15.2 Å². The third-order valence-electron chi connectivity index (χ3n) is 2.53. The van der Waals surface area contributed by atoms with Crippen LogP contribution < -0.4 is 0 Å². The van der Waals surface area contributed by atoms with E-state index in [1.165, 1.54) is 0 Å². The Morgan fingerprint density at radius 1 is 0.778 bits per heavy atom. The molecule has 5 heteroatoms. The molecule has 0 aliphatic rings. The molecule has 0 N–H and O–H groups in total. The summed E-state index contributed by atoms with van der Waals surface area (Å²) >= 11 is 0. The third kappa shape index (κ3) is 1.79. The van der Waals surface area contributed by atoms with Crippen LogP contribution in [0.2, 0.25) is 0 Å². The highest BCUT2D eigenvalue weighted by Crippen LogP contribution is 2.18. The molecule has 0 atom stereocenters. The lowest BCUT2D eigenvalue weighted by Crippen LogP contribution is -1.96. The molecule has 0 radical (unpaired) electrons. The van der Waals surface area contributed by atoms with Gasteiger partial charge in [-0.05, 0) is 0 Å². The normalized spacial score (nSPS) is 10.8. The Labute approximate surface area is 101 Å². The molecular weight excluding hydrogens is 236 g/mol. The molecule has 18 heavy (non-hydrogen) atoms. The van der Waals surface area contributed by atoms with E-state index in [2.05, 4.69) is 15.2 Å². The number of fused-ring (bicyclic) bond motifs is 1. The van der Waals surface area contributed by atoms with Crippen LogP contribution in [0.15, 0.2) is 42.5 Å². The number of aromatic nitrogens is 3. The summed E-state index contributed by atoms with van der Waals surface area (Å²) in [5.74, 6) is -1.51. The van der Waals surface area contributed by atoms with Gasteiger partial charge in [0.25, 0.3) is 0 Å². The molecule has 0 aliphatic carbocycles. The van der Waals surface area contributed by atoms with Crippen molar-refractivity contribution in [2.24, 2.45) is 0 Å². The van der Waals surface area contributed by atoms with E-state index in [-0.39, 0.29) is 11.0 Å². The van der Waals surface area contributed by atoms with Crippen molar-refractivity contribution in [3.63, 3.8) is 0 Å². The second kappa shape index (κ2) is 4.10. The van der Waals surface area contributed by atoms with Gasteiger partial charge in [0.2, 0.25) is 0 Å². The van der Waals surface area contributed by atoms with Gasteiger partial charge in [-0.3, -0.25) is 0 Å². The number of hydrogen-bond donors (Lipinski definition) is 0. The summed E-state index contributed by atoms with van der Waals surface area (Å²) in [4.78, 5) is 4.17. The molecule has 3 aromatic rings. The molecular formula is C13H7F2N3. The number of benzene rings is 2. The molecule has 0 bridgehead atoms. The lowest BCUT2D eigenvalue weighted by atomic mass is 10.2. The van der Waals surface area contributed by atoms with Crippen LogP contribution in [0.3, 0.4) is 0 Å². The Morgan fingerprint density at radius 2 is 1.44 bits per heavy atom. The molecule has 0 aliphatic heterocycles. The van der Waals surface area contributed by atoms with E-state index >= 15 is 0 Å². The third-order valence-corrected chi connectivity index (χ3v) is 2.53. The topological polar surface area (TPSA) is 38.7 Å². The molecule has 0 saturated heterocycles. The lowest BCUT2D eigenvalue weighted by Gasteiger charge is -2.01. The van der Waals surface area contributed by atoms with Crippen LogP contribution in [0.5, 0.6) is 0 Å². The van der Waals surface area contributed by atoms with Crippen LogP contribution in [0, 0.1) is 11.6 Å². The van der Waals surface area contributed by atoms with E-state index in [0.717, 1.165) is 17.7 Å². The molecule has 0 unspecified atom stereocenters. The minimum absolute atomic E-state index is 0.230. The van der Waals surface area contributed by atoms with Gasteiger partial charge in [-0.25, -0.2) is 13.8 Å². The molecule has 0 saturated carbocycles. The lowest BCUT2D eigenvalue weighted by molar-refractivity contribution is 0.510. The summed E-state index contributed by atoms with van der Waals surface area (Å²) in [7, 11) is 0. The van der Waals surface area contributed by atoms with Gasteiger partial charge in [-0.1, -0.05) is 30.3 Å². The Hall–Kier alpha value is -2.43. The first-order valence-electron chi connectivity index (χ1n) is 5.29. The zero-order valence-corrected chi connectivity index (χ0v) is 9.14. The van der Waals surface area contributed by atoms with Gasteiger partial charge in [0.05, 0.1) is 5.52 Å². The van der Waals surface area contributed by atoms with Gasteiger partial charge in [0, 0.05) is 17.7 Å². The second-order valence-corrected chi connectivity index (χ2v) is 3.76. The van der Waals surface area contributed by atoms with Gasteiger partial charge in [-0.15, -0.1) is 10.2 Å². The highest BCUT2D eigenvalue weighted by Gasteiger charge is 2.08. The maximum absolute atomic E-state index is 13.1. The summed E-state index contributed by atoms with van der Waals surface area (Å²) < 4.78 is 26.1. The van der Waals surface area contributed by atoms with E-state index < -0.39 is 11.6 Å². The Kier molecular flexibility index (Phi) is 2.44. The summed E-state index contributed by atoms with van der Waals surface area (Å²) in [5.41, 5.74) is 1.29. The van der Waals surface area contributed by atoms with E-state index in [1.807, 2.05) is 30.3 Å². The highest BCUT2D eigenvalue weighted by atomic mass is 19.2. The van der Waals surface area contributed by atoms with Crippen molar-refractivity contribution in [1.82, 2.24) is 15.2 Å². The standard InChI is InChI=1S/C13H7F2N3/c14-9-6-11-12(7-10(9)15)17-18-13(16-11)8-4-2-1-3-5-8/h1-7H. The number of hydrogen-bond acceptors (Lipinski definition) is 3. The van der Waals surface area contributed by atoms with Crippen LogP contribution in [0.25, 0.3) is 22.4 Å². The Balaban J connectivity index is 2.20. The fraction of sp³-hybridized carbons (Fsp3) is 0. The largest absolute Gasteiger partial charge is 0.225 e. The molecule has 3 nitrogen and oxygen atoms in total. The zero-order chi connectivity index (χ0) is 12.5. The minimum atomic E-state index is -0.953. The van der Waals surface area contributed by atoms with Crippen molar-refractivity contribution in [3.8, 4) is 11.4 Å². The van der Waals surface area contributed by atoms with Crippen LogP contribution in [0.1, 0.15) is 0 Å². The second-order valence-electron chi connectivity index (χ2n) is 3.76. The molecule has 0 amide bonds. The number of halogens is 2. The molecule has 0 fully saturated rings. The predicted molar refractivity (Wildman–Crippen MR) is 62.7 cm³/mol. The summed E-state index contributed by atoms with van der Waals surface area (Å²) in [6, 6.07) is 11.2. The first kappa shape index (κ1) is 10.7. The maximum Gasteiger partial charge on any atom is 0.182 e. The van der Waals surface area contributed by atoms with Gasteiger partial charge < -0.3 is 0 Å². The van der Waals surface area contributed by atoms with Crippen molar-refractivity contribution in [2.45, 2.75) is 0 Å². The molecule has 3 rings (SSSR count). The fourth-order valence-electron chi connectivity index (χ4n) is 1.64. The predicted octanol–water partition coefficient (Wildman–Crippen LogP) is 2.97. The van der Waals surface area contributed by atoms with Crippen molar-refractivity contribution in [2.75, 3.05) is 0 Å². The average Bonchev–Trinajstić information content (AvgIpc) is 2.41. The quantitative estimate of drug-likeness (QED) is 0.659. The van der Waals surface area contributed by atoms with Crippen molar-refractivity contribution in [1.29, 1.82) is 0 Å². The van der Waals surface area contributed by atoms with Crippen LogP contribution in [0.4, 0.5) is 8.78 Å². The zero-order valence-electron chi connectivity index (χ0n) is 9.14. The first-order chi connectivity index (χ1) is 8.74. The Morgan fingerprint density at radius 3 is 2.17 bits per heavy atom. The van der Waals surface area contributed by atoms with E-state index in [4.69, 9.17) is 0 Å². The first-order valence-corrected chi connectivity index (χ1v) is 5.29. The van der Waals surface area contributed by atoms with E-state index in [9.17, 15) is 8.78 Å². The van der Waals surface area contributed by atoms with Crippen LogP contribution in [-0.2, 0) is 0 Å². The average molecular weight is 243 g/mol. The smallest absolute Gasteiger partial charge is 0.182 e. The molecule has 1 heterocycles. The summed E-state index contributed by atoms with van der Waals surface area (Å²) in [5, 5.41) is 7.74. The van der Waals surface area contributed by atoms with Gasteiger partial charge in [-0.2, -0.15) is 0 Å². The monoisotopic (exact) mass is 243 g/mol. The summed E-state index contributed by atoms with van der Waals surface area (Å²) in [6.45, 7) is 0. The number of rotatable bonds is 1. The fourth-order valence-corrected chi connectivity index (χ4v) is 1.64. The SMILES string of the molecule is Fc1cc2nnc(-c3ccccc3)nc2cc1F. The molecule has 88 valence electrons. The minimum Gasteiger partial charge on any atom is -0.225 e.